The van der Waals surface area contributed by atoms with E-state index in [0.29, 0.717) is 0 Å². The van der Waals surface area contributed by atoms with Crippen LogP contribution in [0.4, 0.5) is 0 Å². The Hall–Kier alpha value is 0. The summed E-state index contributed by atoms with van der Waals surface area (Å²) in [6.45, 7) is 9.26. The van der Waals surface area contributed by atoms with Crippen LogP contribution in [0.5, 0.6) is 0 Å². The van der Waals surface area contributed by atoms with Crippen LogP contribution in [0, 0.1) is 18.3 Å². The second-order valence-corrected chi connectivity index (χ2v) is 5.11. The van der Waals surface area contributed by atoms with Gasteiger partial charge in [-0.1, -0.05) is 59.8 Å². The molecule has 1 radical (unpaired) electrons. The van der Waals surface area contributed by atoms with Gasteiger partial charge < -0.3 is 0 Å². The maximum absolute atomic E-state index is 2.48. The number of unbranched alkanes of at least 4 members (excludes halogenated alkanes) is 3. The normalized spacial score (nSPS) is 13.5. The molecule has 0 saturated heterocycles. The fourth-order valence-corrected chi connectivity index (χ4v) is 1.75. The highest BCUT2D eigenvalue weighted by atomic mass is 14.1. The Labute approximate surface area is 91.5 Å². The van der Waals surface area contributed by atoms with E-state index in [-0.39, 0.29) is 0 Å². The molecule has 0 rings (SSSR count). The number of hydrogen-bond donors (Lipinski definition) is 0. The number of hydrogen-bond acceptors (Lipinski definition) is 0. The standard InChI is InChI=1S/C14H29/c1-5-6-7-8-11-14(4)12-9-10-13(2)3/h9,13-14H,5-8,10-12H2,1-4H3. The van der Waals surface area contributed by atoms with Gasteiger partial charge in [0, 0.05) is 0 Å². The van der Waals surface area contributed by atoms with E-state index < -0.39 is 0 Å². The topological polar surface area (TPSA) is 0 Å². The van der Waals surface area contributed by atoms with Crippen LogP contribution in [0.25, 0.3) is 0 Å². The molecule has 0 heterocycles. The lowest BCUT2D eigenvalue weighted by Gasteiger charge is -2.11. The van der Waals surface area contributed by atoms with Crippen molar-refractivity contribution in [3.8, 4) is 0 Å². The van der Waals surface area contributed by atoms with Crippen LogP contribution in [0.15, 0.2) is 0 Å². The summed E-state index contributed by atoms with van der Waals surface area (Å²) < 4.78 is 0. The first-order chi connectivity index (χ1) is 6.66. The summed E-state index contributed by atoms with van der Waals surface area (Å²) in [5.41, 5.74) is 0. The molecule has 0 aromatic heterocycles. The third-order valence-electron chi connectivity index (χ3n) is 2.76. The van der Waals surface area contributed by atoms with Gasteiger partial charge in [0.05, 0.1) is 0 Å². The molecule has 0 nitrogen and oxygen atoms in total. The Balaban J connectivity index is 3.15. The van der Waals surface area contributed by atoms with Crippen molar-refractivity contribution in [1.82, 2.24) is 0 Å². The lowest BCUT2D eigenvalue weighted by molar-refractivity contribution is 0.468. The molecule has 0 fully saturated rings. The summed E-state index contributed by atoms with van der Waals surface area (Å²) in [5, 5.41) is 0. The van der Waals surface area contributed by atoms with E-state index in [2.05, 4.69) is 34.1 Å². The summed E-state index contributed by atoms with van der Waals surface area (Å²) in [7, 11) is 0. The van der Waals surface area contributed by atoms with Gasteiger partial charge in [0.15, 0.2) is 0 Å². The molecule has 1 unspecified atom stereocenters. The predicted molar refractivity (Wildman–Crippen MR) is 66.3 cm³/mol. The van der Waals surface area contributed by atoms with E-state index in [0.717, 1.165) is 11.8 Å². The lowest BCUT2D eigenvalue weighted by Crippen LogP contribution is -1.97. The second kappa shape index (κ2) is 9.55. The summed E-state index contributed by atoms with van der Waals surface area (Å²) in [5.74, 6) is 1.74. The Morgan fingerprint density at radius 2 is 1.64 bits per heavy atom. The Bertz CT molecular complexity index is 105. The van der Waals surface area contributed by atoms with E-state index in [1.54, 1.807) is 0 Å². The van der Waals surface area contributed by atoms with Crippen LogP contribution in [-0.4, -0.2) is 0 Å². The molecule has 0 aromatic carbocycles. The van der Waals surface area contributed by atoms with Gasteiger partial charge in [-0.25, -0.2) is 0 Å². The lowest BCUT2D eigenvalue weighted by atomic mass is 9.95. The largest absolute Gasteiger partial charge is 0.0654 e. The maximum atomic E-state index is 2.48. The van der Waals surface area contributed by atoms with E-state index in [9.17, 15) is 0 Å². The molecule has 0 aliphatic heterocycles. The highest BCUT2D eigenvalue weighted by Crippen LogP contribution is 2.17. The van der Waals surface area contributed by atoms with Crippen LogP contribution in [0.2, 0.25) is 0 Å². The summed E-state index contributed by atoms with van der Waals surface area (Å²) in [4.78, 5) is 0. The van der Waals surface area contributed by atoms with Crippen molar-refractivity contribution in [2.75, 3.05) is 0 Å². The molecular weight excluding hydrogens is 168 g/mol. The molecule has 0 aliphatic carbocycles. The molecule has 0 saturated carbocycles. The molecule has 0 spiro atoms. The molecule has 0 amide bonds. The van der Waals surface area contributed by atoms with Crippen LogP contribution >= 0.6 is 0 Å². The summed E-state index contributed by atoms with van der Waals surface area (Å²) in [6, 6.07) is 0. The molecule has 14 heavy (non-hydrogen) atoms. The maximum Gasteiger partial charge on any atom is -0.0381 e. The molecule has 85 valence electrons. The van der Waals surface area contributed by atoms with Crippen LogP contribution < -0.4 is 0 Å². The first-order valence-corrected chi connectivity index (χ1v) is 6.48. The highest BCUT2D eigenvalue weighted by Gasteiger charge is 2.02. The van der Waals surface area contributed by atoms with E-state index >= 15 is 0 Å². The zero-order valence-electron chi connectivity index (χ0n) is 10.7. The van der Waals surface area contributed by atoms with Crippen LogP contribution in [0.3, 0.4) is 0 Å². The van der Waals surface area contributed by atoms with Crippen LogP contribution in [-0.2, 0) is 0 Å². The van der Waals surface area contributed by atoms with Gasteiger partial charge in [-0.3, -0.25) is 0 Å². The van der Waals surface area contributed by atoms with Crippen LogP contribution in [0.1, 0.15) is 72.6 Å². The van der Waals surface area contributed by atoms with Gasteiger partial charge >= 0.3 is 0 Å². The minimum atomic E-state index is 0.835. The van der Waals surface area contributed by atoms with E-state index in [4.69, 9.17) is 0 Å². The van der Waals surface area contributed by atoms with E-state index in [1.165, 1.54) is 44.9 Å². The van der Waals surface area contributed by atoms with Crippen molar-refractivity contribution in [1.29, 1.82) is 0 Å². The SMILES string of the molecule is CCCCCCC(C)C[CH]CC(C)C. The third-order valence-corrected chi connectivity index (χ3v) is 2.76. The van der Waals surface area contributed by atoms with Crippen molar-refractivity contribution in [3.63, 3.8) is 0 Å². The zero-order chi connectivity index (χ0) is 10.8. The molecule has 0 N–H and O–H groups in total. The van der Waals surface area contributed by atoms with Gasteiger partial charge in [0.1, 0.15) is 0 Å². The molecule has 0 bridgehead atoms. The van der Waals surface area contributed by atoms with Gasteiger partial charge in [-0.15, -0.1) is 0 Å². The number of rotatable bonds is 9. The molecule has 0 aromatic rings. The average molecular weight is 197 g/mol. The Morgan fingerprint density at radius 1 is 0.929 bits per heavy atom. The first-order valence-electron chi connectivity index (χ1n) is 6.48. The quantitative estimate of drug-likeness (QED) is 0.444. The Morgan fingerprint density at radius 3 is 2.21 bits per heavy atom. The highest BCUT2D eigenvalue weighted by molar-refractivity contribution is 4.70. The van der Waals surface area contributed by atoms with Gasteiger partial charge in [0.2, 0.25) is 0 Å². The molecular formula is C14H29. The first kappa shape index (κ1) is 14.0. The van der Waals surface area contributed by atoms with E-state index in [1.807, 2.05) is 0 Å². The van der Waals surface area contributed by atoms with Crippen molar-refractivity contribution in [2.45, 2.75) is 72.6 Å². The minimum absolute atomic E-state index is 0.835. The van der Waals surface area contributed by atoms with Gasteiger partial charge in [-0.05, 0) is 31.1 Å². The average Bonchev–Trinajstić information content (AvgIpc) is 2.12. The van der Waals surface area contributed by atoms with Crippen molar-refractivity contribution >= 4 is 0 Å². The summed E-state index contributed by atoms with van der Waals surface area (Å²) in [6.07, 6.45) is 12.2. The summed E-state index contributed by atoms with van der Waals surface area (Å²) >= 11 is 0. The predicted octanol–water partition coefficient (Wildman–Crippen LogP) is 5.23. The fourth-order valence-electron chi connectivity index (χ4n) is 1.75. The van der Waals surface area contributed by atoms with Crippen molar-refractivity contribution in [2.24, 2.45) is 11.8 Å². The molecule has 0 aliphatic rings. The Kier molecular flexibility index (Phi) is 9.55. The smallest absolute Gasteiger partial charge is 0.0381 e. The molecule has 1 atom stereocenters. The van der Waals surface area contributed by atoms with Crippen molar-refractivity contribution < 1.29 is 0 Å². The minimum Gasteiger partial charge on any atom is -0.0654 e. The zero-order valence-corrected chi connectivity index (χ0v) is 10.7. The monoisotopic (exact) mass is 197 g/mol. The van der Waals surface area contributed by atoms with Gasteiger partial charge in [-0.2, -0.15) is 0 Å². The van der Waals surface area contributed by atoms with Crippen molar-refractivity contribution in [3.05, 3.63) is 6.42 Å². The fraction of sp³-hybridized carbons (Fsp3) is 0.929. The molecule has 0 heteroatoms. The second-order valence-electron chi connectivity index (χ2n) is 5.11. The third kappa shape index (κ3) is 10.1. The van der Waals surface area contributed by atoms with Gasteiger partial charge in [0.25, 0.3) is 0 Å².